The number of rotatable bonds is 3. The number of nitrogens with zero attached hydrogens (tertiary/aromatic N) is 1. The lowest BCUT2D eigenvalue weighted by Gasteiger charge is -2.07. The topological polar surface area (TPSA) is 94.9 Å². The van der Waals surface area contributed by atoms with E-state index in [9.17, 15) is 9.90 Å². The quantitative estimate of drug-likeness (QED) is 0.385. The molecular formula is C22H14ClN3O3. The molecule has 2 aromatic heterocycles. The highest BCUT2D eigenvalue weighted by Gasteiger charge is 2.10. The van der Waals surface area contributed by atoms with Gasteiger partial charge in [-0.15, -0.1) is 0 Å². The van der Waals surface area contributed by atoms with Gasteiger partial charge in [0.05, 0.1) is 22.3 Å². The van der Waals surface area contributed by atoms with Crippen LogP contribution in [0.4, 0.5) is 0 Å². The molecular weight excluding hydrogens is 390 g/mol. The standard InChI is InChI=1S/C22H14ClN3O3/c23-17-10-19-18(25-21(27)26-19)9-16(17)14-5-1-12(2-6-14)13-3-7-15(8-4-13)20-11-24-22(28)29-20/h1-11H,(H,24,28)(H2,25,26,27). The fourth-order valence-corrected chi connectivity index (χ4v) is 3.61. The molecule has 0 bridgehead atoms. The minimum absolute atomic E-state index is 0.133. The number of imidazole rings is 1. The third kappa shape index (κ3) is 3.19. The first-order valence-corrected chi connectivity index (χ1v) is 9.22. The van der Waals surface area contributed by atoms with Crippen LogP contribution in [-0.4, -0.2) is 20.1 Å². The Morgan fingerprint density at radius 3 is 2.14 bits per heavy atom. The van der Waals surface area contributed by atoms with Crippen molar-refractivity contribution in [3.63, 3.8) is 0 Å². The number of nitrogens with one attached hydrogen (secondary N) is 2. The molecule has 0 saturated heterocycles. The van der Waals surface area contributed by atoms with Crippen LogP contribution in [-0.2, 0) is 0 Å². The molecule has 5 rings (SSSR count). The molecule has 7 heteroatoms. The van der Waals surface area contributed by atoms with E-state index in [1.54, 1.807) is 12.3 Å². The Labute approximate surface area is 169 Å². The van der Waals surface area contributed by atoms with Crippen molar-refractivity contribution in [2.45, 2.75) is 0 Å². The van der Waals surface area contributed by atoms with E-state index in [-0.39, 0.29) is 6.01 Å². The first-order chi connectivity index (χ1) is 14.1. The van der Waals surface area contributed by atoms with Crippen LogP contribution in [0.1, 0.15) is 0 Å². The van der Waals surface area contributed by atoms with E-state index < -0.39 is 5.76 Å². The molecule has 6 nitrogen and oxygen atoms in total. The molecule has 0 unspecified atom stereocenters. The van der Waals surface area contributed by atoms with Crippen LogP contribution in [0.2, 0.25) is 5.02 Å². The fourth-order valence-electron chi connectivity index (χ4n) is 3.33. The molecule has 3 aromatic carbocycles. The van der Waals surface area contributed by atoms with Crippen molar-refractivity contribution in [1.29, 1.82) is 0 Å². The van der Waals surface area contributed by atoms with E-state index in [0.717, 1.165) is 27.8 Å². The predicted molar refractivity (Wildman–Crippen MR) is 112 cm³/mol. The first kappa shape index (κ1) is 17.3. The van der Waals surface area contributed by atoms with Gasteiger partial charge in [0, 0.05) is 11.1 Å². The van der Waals surface area contributed by atoms with Crippen molar-refractivity contribution in [2.24, 2.45) is 0 Å². The smallest absolute Gasteiger partial charge is 0.416 e. The highest BCUT2D eigenvalue weighted by Crippen LogP contribution is 2.33. The van der Waals surface area contributed by atoms with E-state index in [4.69, 9.17) is 16.0 Å². The van der Waals surface area contributed by atoms with Gasteiger partial charge in [0.15, 0.2) is 5.76 Å². The molecule has 3 N–H and O–H groups in total. The monoisotopic (exact) mass is 403 g/mol. The average Bonchev–Trinajstić information content (AvgIpc) is 3.32. The number of H-pyrrole nitrogens is 2. The average molecular weight is 404 g/mol. The Kier molecular flexibility index (Phi) is 4.00. The highest BCUT2D eigenvalue weighted by atomic mass is 35.5. The molecule has 0 aliphatic rings. The summed E-state index contributed by atoms with van der Waals surface area (Å²) in [5.74, 6) is 0.0351. The summed E-state index contributed by atoms with van der Waals surface area (Å²) in [5, 5.41) is 10.1. The van der Waals surface area contributed by atoms with Gasteiger partial charge in [0.2, 0.25) is 0 Å². The molecule has 0 aliphatic carbocycles. The van der Waals surface area contributed by atoms with Gasteiger partial charge in [-0.3, -0.25) is 4.98 Å². The number of benzene rings is 3. The Hall–Kier alpha value is -3.77. The lowest BCUT2D eigenvalue weighted by atomic mass is 9.99. The maximum Gasteiger partial charge on any atom is 0.416 e. The van der Waals surface area contributed by atoms with E-state index in [1.165, 1.54) is 0 Å². The Bertz CT molecular complexity index is 1380. The Morgan fingerprint density at radius 2 is 1.52 bits per heavy atom. The van der Waals surface area contributed by atoms with E-state index in [2.05, 4.69) is 15.0 Å². The van der Waals surface area contributed by atoms with Gasteiger partial charge in [0.1, 0.15) is 0 Å². The van der Waals surface area contributed by atoms with Crippen molar-refractivity contribution >= 4 is 22.6 Å². The minimum Gasteiger partial charge on any atom is -0.480 e. The first-order valence-electron chi connectivity index (χ1n) is 8.85. The molecule has 5 aromatic rings. The van der Waals surface area contributed by atoms with Crippen LogP contribution in [0, 0.1) is 0 Å². The Balaban J connectivity index is 1.46. The summed E-state index contributed by atoms with van der Waals surface area (Å²) in [6.45, 7) is 0. The number of oxazole rings is 1. The van der Waals surface area contributed by atoms with Gasteiger partial charge in [-0.1, -0.05) is 60.1 Å². The third-order valence-electron chi connectivity index (χ3n) is 4.78. The third-order valence-corrected chi connectivity index (χ3v) is 5.09. The number of aromatic hydroxyl groups is 1. The second-order valence-corrected chi connectivity index (χ2v) is 7.01. The van der Waals surface area contributed by atoms with Crippen LogP contribution in [0.25, 0.3) is 44.6 Å². The number of hydrogen-bond donors (Lipinski definition) is 3. The molecule has 0 fully saturated rings. The summed E-state index contributed by atoms with van der Waals surface area (Å²) in [5.41, 5.74) is 6.04. The van der Waals surface area contributed by atoms with Gasteiger partial charge in [-0.25, -0.2) is 4.79 Å². The van der Waals surface area contributed by atoms with E-state index in [1.807, 2.05) is 54.6 Å². The number of aromatic amines is 2. The summed E-state index contributed by atoms with van der Waals surface area (Å²) in [6, 6.07) is 19.3. The van der Waals surface area contributed by atoms with Crippen LogP contribution in [0.15, 0.2) is 76.1 Å². The van der Waals surface area contributed by atoms with Gasteiger partial charge < -0.3 is 14.5 Å². The number of halogens is 1. The number of aromatic nitrogens is 3. The maximum absolute atomic E-state index is 11.1. The highest BCUT2D eigenvalue weighted by molar-refractivity contribution is 6.34. The van der Waals surface area contributed by atoms with Gasteiger partial charge in [-0.2, -0.15) is 4.98 Å². The lowest BCUT2D eigenvalue weighted by molar-refractivity contribution is 0.438. The molecule has 29 heavy (non-hydrogen) atoms. The summed E-state index contributed by atoms with van der Waals surface area (Å²) in [7, 11) is 0. The van der Waals surface area contributed by atoms with Crippen LogP contribution in [0.5, 0.6) is 6.01 Å². The molecule has 0 spiro atoms. The largest absolute Gasteiger partial charge is 0.480 e. The van der Waals surface area contributed by atoms with Crippen LogP contribution >= 0.6 is 11.6 Å². The fraction of sp³-hybridized carbons (Fsp3) is 0. The molecule has 0 atom stereocenters. The summed E-state index contributed by atoms with van der Waals surface area (Å²) >= 11 is 6.42. The second-order valence-electron chi connectivity index (χ2n) is 6.61. The van der Waals surface area contributed by atoms with E-state index in [0.29, 0.717) is 21.8 Å². The Morgan fingerprint density at radius 1 is 0.897 bits per heavy atom. The normalized spacial score (nSPS) is 11.2. The van der Waals surface area contributed by atoms with Crippen molar-refractivity contribution < 1.29 is 9.52 Å². The number of fused-ring (bicyclic) bond motifs is 1. The molecule has 0 aliphatic heterocycles. The molecule has 0 amide bonds. The lowest BCUT2D eigenvalue weighted by Crippen LogP contribution is -1.92. The molecule has 0 radical (unpaired) electrons. The van der Waals surface area contributed by atoms with Gasteiger partial charge in [-0.05, 0) is 28.8 Å². The van der Waals surface area contributed by atoms with Crippen molar-refractivity contribution in [3.8, 4) is 39.6 Å². The number of hydrogen-bond acceptors (Lipinski definition) is 4. The summed E-state index contributed by atoms with van der Waals surface area (Å²) in [6.07, 6.45) is 1.55. The zero-order chi connectivity index (χ0) is 20.0. The van der Waals surface area contributed by atoms with Crippen LogP contribution in [0.3, 0.4) is 0 Å². The van der Waals surface area contributed by atoms with Gasteiger partial charge >= 0.3 is 5.76 Å². The zero-order valence-corrected chi connectivity index (χ0v) is 15.7. The molecule has 142 valence electrons. The van der Waals surface area contributed by atoms with Crippen molar-refractivity contribution in [3.05, 3.63) is 82.4 Å². The van der Waals surface area contributed by atoms with E-state index >= 15 is 0 Å². The van der Waals surface area contributed by atoms with Crippen molar-refractivity contribution in [1.82, 2.24) is 15.0 Å². The summed E-state index contributed by atoms with van der Waals surface area (Å²) < 4.78 is 5.08. The SMILES string of the molecule is O=c1[nH]cc(-c2ccc(-c3ccc(-c4cc5nc(O)[nH]c5cc4Cl)cc3)cc2)o1. The summed E-state index contributed by atoms with van der Waals surface area (Å²) in [4.78, 5) is 20.5. The molecule has 2 heterocycles. The maximum atomic E-state index is 11.1. The minimum atomic E-state index is -0.471. The van der Waals surface area contributed by atoms with Gasteiger partial charge in [0.25, 0.3) is 6.01 Å². The molecule has 0 saturated carbocycles. The predicted octanol–water partition coefficient (Wildman–Crippen LogP) is 5.20. The zero-order valence-electron chi connectivity index (χ0n) is 14.9. The van der Waals surface area contributed by atoms with Crippen molar-refractivity contribution in [2.75, 3.05) is 0 Å². The second kappa shape index (κ2) is 6.68. The van der Waals surface area contributed by atoms with Crippen LogP contribution < -0.4 is 5.76 Å².